The Labute approximate surface area is 184 Å². The summed E-state index contributed by atoms with van der Waals surface area (Å²) >= 11 is 0. The maximum absolute atomic E-state index is 12.9. The lowest BCUT2D eigenvalue weighted by molar-refractivity contribution is -0.179. The molecule has 0 saturated carbocycles. The summed E-state index contributed by atoms with van der Waals surface area (Å²) in [5, 5.41) is 62.9. The monoisotopic (exact) mass is 466 g/mol. The average molecular weight is 466 g/mol. The standard InChI is InChI=1S/C18H34N4O10/c19-13(29)16(1-7-23,2-8-24)18(15(31)32,22-6-5-21-11-12(27)28)17(3-9-25,4-10-26)14(20)30/h21-26H,1-11H2,(H2,19,29)(H2,20,30)(H,27,28)(H,31,32). The van der Waals surface area contributed by atoms with Gasteiger partial charge in [0.05, 0.1) is 17.4 Å². The molecular formula is C18H34N4O10. The molecule has 0 saturated heterocycles. The Morgan fingerprint density at radius 1 is 0.688 bits per heavy atom. The molecule has 0 aliphatic rings. The molecular weight excluding hydrogens is 432 g/mol. The number of nitrogens with two attached hydrogens (primary N) is 2. The highest BCUT2D eigenvalue weighted by Gasteiger charge is 2.71. The largest absolute Gasteiger partial charge is 0.480 e. The number of aliphatic hydroxyl groups is 4. The van der Waals surface area contributed by atoms with Gasteiger partial charge in [-0.1, -0.05) is 0 Å². The number of amides is 2. The van der Waals surface area contributed by atoms with Crippen LogP contribution in [-0.4, -0.2) is 106 Å². The summed E-state index contributed by atoms with van der Waals surface area (Å²) in [7, 11) is 0. The molecule has 0 bridgehead atoms. The molecule has 0 aromatic rings. The fraction of sp³-hybridized carbons (Fsp3) is 0.778. The smallest absolute Gasteiger partial charge is 0.326 e. The number of aliphatic hydroxyl groups excluding tert-OH is 4. The Hall–Kier alpha value is -2.36. The Balaban J connectivity index is 7.08. The highest BCUT2D eigenvalue weighted by molar-refractivity contribution is 5.99. The number of hydrogen-bond donors (Lipinski definition) is 10. The molecule has 0 aliphatic heterocycles. The number of carboxylic acid groups (broad SMARTS) is 2. The van der Waals surface area contributed by atoms with Gasteiger partial charge < -0.3 is 47.4 Å². The molecule has 32 heavy (non-hydrogen) atoms. The van der Waals surface area contributed by atoms with Gasteiger partial charge >= 0.3 is 11.9 Å². The van der Waals surface area contributed by atoms with Crippen LogP contribution < -0.4 is 22.1 Å². The van der Waals surface area contributed by atoms with E-state index in [9.17, 15) is 44.7 Å². The Morgan fingerprint density at radius 3 is 1.31 bits per heavy atom. The number of hydrogen-bond acceptors (Lipinski definition) is 10. The lowest BCUT2D eigenvalue weighted by Gasteiger charge is -2.55. The molecule has 14 nitrogen and oxygen atoms in total. The van der Waals surface area contributed by atoms with Crippen LogP contribution in [0.25, 0.3) is 0 Å². The second-order valence-electron chi connectivity index (χ2n) is 7.34. The first-order valence-corrected chi connectivity index (χ1v) is 9.93. The molecule has 0 rings (SSSR count). The van der Waals surface area contributed by atoms with Gasteiger partial charge in [0.25, 0.3) is 0 Å². The summed E-state index contributed by atoms with van der Waals surface area (Å²) in [6, 6.07) is 0. The van der Waals surface area contributed by atoms with Crippen LogP contribution in [0.4, 0.5) is 0 Å². The normalized spacial score (nSPS) is 12.5. The minimum atomic E-state index is -2.69. The van der Waals surface area contributed by atoms with Crippen LogP contribution >= 0.6 is 0 Å². The number of aliphatic carboxylic acids is 2. The van der Waals surface area contributed by atoms with Gasteiger partial charge in [0.15, 0.2) is 0 Å². The van der Waals surface area contributed by atoms with Crippen LogP contribution in [0, 0.1) is 10.8 Å². The lowest BCUT2D eigenvalue weighted by atomic mass is 9.50. The quantitative estimate of drug-likeness (QED) is 0.0808. The van der Waals surface area contributed by atoms with E-state index in [-0.39, 0.29) is 13.1 Å². The third kappa shape index (κ3) is 5.70. The van der Waals surface area contributed by atoms with Gasteiger partial charge in [-0.2, -0.15) is 0 Å². The molecule has 12 N–H and O–H groups in total. The second kappa shape index (κ2) is 13.2. The van der Waals surface area contributed by atoms with Crippen molar-refractivity contribution in [2.24, 2.45) is 22.3 Å². The molecule has 0 unspecified atom stereocenters. The van der Waals surface area contributed by atoms with Crippen LogP contribution in [0.2, 0.25) is 0 Å². The molecule has 0 heterocycles. The van der Waals surface area contributed by atoms with Gasteiger partial charge in [-0.15, -0.1) is 0 Å². The van der Waals surface area contributed by atoms with E-state index in [2.05, 4.69) is 10.6 Å². The number of carbonyl (C=O) groups is 4. The third-order valence-electron chi connectivity index (χ3n) is 5.82. The van der Waals surface area contributed by atoms with Crippen molar-refractivity contribution in [3.05, 3.63) is 0 Å². The van der Waals surface area contributed by atoms with Crippen molar-refractivity contribution in [2.45, 2.75) is 31.2 Å². The lowest BCUT2D eigenvalue weighted by Crippen LogP contribution is -2.78. The molecule has 0 spiro atoms. The zero-order valence-electron chi connectivity index (χ0n) is 17.7. The molecule has 0 aromatic heterocycles. The molecule has 0 fully saturated rings. The Bertz CT molecular complexity index is 612. The number of carbonyl (C=O) groups excluding carboxylic acids is 2. The van der Waals surface area contributed by atoms with Gasteiger partial charge in [-0.25, -0.2) is 0 Å². The van der Waals surface area contributed by atoms with E-state index in [0.29, 0.717) is 0 Å². The van der Waals surface area contributed by atoms with Crippen LogP contribution in [-0.2, 0) is 19.2 Å². The topological polar surface area (TPSA) is 266 Å². The predicted molar refractivity (Wildman–Crippen MR) is 109 cm³/mol. The van der Waals surface area contributed by atoms with E-state index >= 15 is 0 Å². The van der Waals surface area contributed by atoms with E-state index in [0.717, 1.165) is 0 Å². The fourth-order valence-corrected chi connectivity index (χ4v) is 4.44. The number of rotatable bonds is 19. The molecule has 0 radical (unpaired) electrons. The van der Waals surface area contributed by atoms with Crippen LogP contribution in [0.5, 0.6) is 0 Å². The van der Waals surface area contributed by atoms with Crippen molar-refractivity contribution >= 4 is 23.8 Å². The molecule has 0 atom stereocenters. The fourth-order valence-electron chi connectivity index (χ4n) is 4.44. The number of primary amides is 2. The summed E-state index contributed by atoms with van der Waals surface area (Å²) in [5.41, 5.74) is 3.89. The SMILES string of the molecule is NC(=O)C(CCO)(CCO)C(NCCNCC(=O)O)(C(=O)O)C(CCO)(CCO)C(N)=O. The van der Waals surface area contributed by atoms with Crippen molar-refractivity contribution in [1.29, 1.82) is 0 Å². The molecule has 14 heteroatoms. The number of carboxylic acids is 2. The van der Waals surface area contributed by atoms with E-state index < -0.39 is 98.8 Å². The summed E-state index contributed by atoms with van der Waals surface area (Å²) < 4.78 is 0. The highest BCUT2D eigenvalue weighted by atomic mass is 16.4. The molecule has 2 amide bonds. The Kier molecular flexibility index (Phi) is 12.3. The van der Waals surface area contributed by atoms with Crippen molar-refractivity contribution in [3.63, 3.8) is 0 Å². The van der Waals surface area contributed by atoms with E-state index in [1.807, 2.05) is 0 Å². The van der Waals surface area contributed by atoms with E-state index in [1.54, 1.807) is 0 Å². The summed E-state index contributed by atoms with van der Waals surface area (Å²) in [6.45, 7) is -3.97. The van der Waals surface area contributed by atoms with Crippen LogP contribution in [0.15, 0.2) is 0 Å². The third-order valence-corrected chi connectivity index (χ3v) is 5.82. The second-order valence-corrected chi connectivity index (χ2v) is 7.34. The van der Waals surface area contributed by atoms with Gasteiger partial charge in [-0.3, -0.25) is 24.5 Å². The van der Waals surface area contributed by atoms with E-state index in [1.165, 1.54) is 0 Å². The maximum Gasteiger partial charge on any atom is 0.326 e. The first kappa shape index (κ1) is 29.6. The predicted octanol–water partition coefficient (Wildman–Crippen LogP) is -4.45. The summed E-state index contributed by atoms with van der Waals surface area (Å²) in [5.74, 6) is -5.52. The average Bonchev–Trinajstić information content (AvgIpc) is 2.69. The summed E-state index contributed by atoms with van der Waals surface area (Å²) in [6.07, 6.45) is -2.40. The first-order chi connectivity index (χ1) is 15.0. The minimum absolute atomic E-state index is 0.137. The Morgan fingerprint density at radius 2 is 1.06 bits per heavy atom. The van der Waals surface area contributed by atoms with Crippen LogP contribution in [0.1, 0.15) is 25.7 Å². The molecule has 186 valence electrons. The first-order valence-electron chi connectivity index (χ1n) is 9.93. The van der Waals surface area contributed by atoms with Gasteiger partial charge in [0, 0.05) is 39.5 Å². The van der Waals surface area contributed by atoms with Crippen molar-refractivity contribution in [1.82, 2.24) is 10.6 Å². The van der Waals surface area contributed by atoms with Crippen molar-refractivity contribution in [2.75, 3.05) is 46.1 Å². The summed E-state index contributed by atoms with van der Waals surface area (Å²) in [4.78, 5) is 49.0. The number of nitrogens with one attached hydrogen (secondary N) is 2. The van der Waals surface area contributed by atoms with E-state index in [4.69, 9.17) is 16.6 Å². The minimum Gasteiger partial charge on any atom is -0.480 e. The maximum atomic E-state index is 12.9. The van der Waals surface area contributed by atoms with Crippen LogP contribution in [0.3, 0.4) is 0 Å². The van der Waals surface area contributed by atoms with Crippen molar-refractivity contribution < 1.29 is 49.8 Å². The van der Waals surface area contributed by atoms with Gasteiger partial charge in [0.2, 0.25) is 11.8 Å². The molecule has 0 aliphatic carbocycles. The van der Waals surface area contributed by atoms with Crippen molar-refractivity contribution in [3.8, 4) is 0 Å². The zero-order chi connectivity index (χ0) is 25.0. The molecule has 0 aromatic carbocycles. The zero-order valence-corrected chi connectivity index (χ0v) is 17.7. The van der Waals surface area contributed by atoms with Gasteiger partial charge in [0.1, 0.15) is 5.54 Å². The van der Waals surface area contributed by atoms with Gasteiger partial charge in [-0.05, 0) is 25.7 Å². The highest BCUT2D eigenvalue weighted by Crippen LogP contribution is 2.52.